The molecule has 7 N–H and O–H groups in total. The summed E-state index contributed by atoms with van der Waals surface area (Å²) in [5.41, 5.74) is 0. The van der Waals surface area contributed by atoms with E-state index in [1.165, 1.54) is 95.3 Å². The molecule has 0 saturated heterocycles. The van der Waals surface area contributed by atoms with Gasteiger partial charge in [0.15, 0.2) is 11.9 Å². The molecule has 2 aliphatic rings. The Labute approximate surface area is 388 Å². The van der Waals surface area contributed by atoms with Crippen molar-refractivity contribution in [1.29, 1.82) is 0 Å². The first kappa shape index (κ1) is 58.8. The van der Waals surface area contributed by atoms with E-state index in [4.69, 9.17) is 18.5 Å². The fraction of sp³-hybridized carbons (Fsp3) is 0.816. The first-order valence-corrected chi connectivity index (χ1v) is 26.3. The van der Waals surface area contributed by atoms with Crippen LogP contribution in [0.3, 0.4) is 0 Å². The minimum Gasteiger partial charge on any atom is -0.462 e. The van der Waals surface area contributed by atoms with Gasteiger partial charge in [0.05, 0.1) is 30.8 Å². The van der Waals surface area contributed by atoms with Gasteiger partial charge in [0.1, 0.15) is 31.0 Å². The Kier molecular flexibility index (Phi) is 31.6. The van der Waals surface area contributed by atoms with Crippen LogP contribution in [0.4, 0.5) is 0 Å². The van der Waals surface area contributed by atoms with E-state index in [1.807, 2.05) is 6.92 Å². The second-order valence-electron chi connectivity index (χ2n) is 18.0. The Hall–Kier alpha value is -2.30. The van der Waals surface area contributed by atoms with E-state index in [0.29, 0.717) is 32.1 Å². The molecule has 0 aromatic carbocycles. The van der Waals surface area contributed by atoms with E-state index >= 15 is 0 Å². The second kappa shape index (κ2) is 34.9. The van der Waals surface area contributed by atoms with Gasteiger partial charge < -0.3 is 45.0 Å². The number of aliphatic hydroxyl groups is 6. The fourth-order valence-electron chi connectivity index (χ4n) is 8.08. The molecule has 1 aliphatic carbocycles. The van der Waals surface area contributed by atoms with E-state index in [1.54, 1.807) is 12.2 Å². The van der Waals surface area contributed by atoms with Gasteiger partial charge in [-0.2, -0.15) is 0 Å². The topological polar surface area (TPSA) is 247 Å². The zero-order chi connectivity index (χ0) is 47.9. The normalized spacial score (nSPS) is 30.5. The van der Waals surface area contributed by atoms with Crippen molar-refractivity contribution < 1.29 is 73.0 Å². The number of aliphatic hydroxyl groups excluding tert-OH is 6. The maximum atomic E-state index is 13.6. The number of unbranched alkanes of at least 4 members (excludes halogenated alkanes) is 18. The van der Waals surface area contributed by atoms with Crippen molar-refractivity contribution in [3.05, 3.63) is 36.5 Å². The molecule has 0 spiro atoms. The molecular formula is C49H85O15P. The van der Waals surface area contributed by atoms with Crippen LogP contribution in [0, 0.1) is 11.8 Å². The van der Waals surface area contributed by atoms with Gasteiger partial charge in [0, 0.05) is 18.8 Å². The molecule has 65 heavy (non-hydrogen) atoms. The molecule has 2 bridgehead atoms. The highest BCUT2D eigenvalue weighted by atomic mass is 31.2. The lowest BCUT2D eigenvalue weighted by Crippen LogP contribution is -2.55. The van der Waals surface area contributed by atoms with Crippen molar-refractivity contribution in [3.8, 4) is 0 Å². The molecule has 0 saturated carbocycles. The molecule has 1 unspecified atom stereocenters. The van der Waals surface area contributed by atoms with Gasteiger partial charge in [-0.05, 0) is 38.2 Å². The van der Waals surface area contributed by atoms with Crippen LogP contribution in [0.25, 0.3) is 0 Å². The first-order valence-electron chi connectivity index (χ1n) is 24.8. The van der Waals surface area contributed by atoms with Crippen molar-refractivity contribution >= 4 is 25.5 Å². The van der Waals surface area contributed by atoms with E-state index < -0.39 is 99.4 Å². The average Bonchev–Trinajstić information content (AvgIpc) is 3.28. The number of rotatable bonds is 25. The summed E-state index contributed by atoms with van der Waals surface area (Å²) in [7, 11) is -5.42. The third kappa shape index (κ3) is 25.6. The highest BCUT2D eigenvalue weighted by Crippen LogP contribution is 2.47. The predicted octanol–water partition coefficient (Wildman–Crippen LogP) is 7.79. The lowest BCUT2D eigenvalue weighted by atomic mass is 9.87. The van der Waals surface area contributed by atoms with E-state index in [9.17, 15) is 54.5 Å². The Morgan fingerprint density at radius 1 is 0.754 bits per heavy atom. The largest absolute Gasteiger partial charge is 0.472 e. The number of esters is 2. The zero-order valence-corrected chi connectivity index (χ0v) is 40.3. The number of ketones is 1. The Morgan fingerprint density at radius 3 is 1.91 bits per heavy atom. The highest BCUT2D eigenvalue weighted by molar-refractivity contribution is 7.47. The summed E-state index contributed by atoms with van der Waals surface area (Å²) >= 11 is 0. The number of carbonyl (C=O) groups excluding carboxylic acids is 3. The van der Waals surface area contributed by atoms with Crippen LogP contribution in [-0.2, 0) is 37.5 Å². The first-order chi connectivity index (χ1) is 31.2. The average molecular weight is 945 g/mol. The van der Waals surface area contributed by atoms with Crippen LogP contribution in [0.5, 0.6) is 0 Å². The van der Waals surface area contributed by atoms with Crippen LogP contribution in [-0.4, -0.2) is 115 Å². The third-order valence-electron chi connectivity index (χ3n) is 12.2. The number of hydrogen-bond donors (Lipinski definition) is 7. The molecule has 16 heteroatoms. The van der Waals surface area contributed by atoms with Gasteiger partial charge in [0.25, 0.3) is 0 Å². The summed E-state index contributed by atoms with van der Waals surface area (Å²) < 4.78 is 34.7. The summed E-state index contributed by atoms with van der Waals surface area (Å²) in [6.07, 6.45) is 16.5. The van der Waals surface area contributed by atoms with Gasteiger partial charge >= 0.3 is 19.8 Å². The Balaban J connectivity index is 2.10. The van der Waals surface area contributed by atoms with Crippen LogP contribution in [0.1, 0.15) is 181 Å². The molecule has 11 atom stereocenters. The van der Waals surface area contributed by atoms with Crippen LogP contribution in [0.2, 0.25) is 0 Å². The maximum absolute atomic E-state index is 13.6. The zero-order valence-electron chi connectivity index (χ0n) is 39.4. The predicted molar refractivity (Wildman–Crippen MR) is 248 cm³/mol. The monoisotopic (exact) mass is 945 g/mol. The SMILES string of the molecule is CCCCCCCCCCCCCCCCCCCC(=O)O[C@@H]1COC(=O)CCC/C=C\C[C@H]2/C=C\C(=O)[C@H](/C=C/[C@@H](O)CCCCC)[C@@H](O)[C@@H](O)[C@@H](OP(=O)(O)OC1)[C@H](O)[C@@H](O)[C@@H]2O. The summed E-state index contributed by atoms with van der Waals surface area (Å²) in [6.45, 7) is 2.88. The van der Waals surface area contributed by atoms with Crippen molar-refractivity contribution in [1.82, 2.24) is 0 Å². The summed E-state index contributed by atoms with van der Waals surface area (Å²) in [5.74, 6) is -4.64. The minimum atomic E-state index is -5.42. The van der Waals surface area contributed by atoms with E-state index in [-0.39, 0.29) is 19.3 Å². The summed E-state index contributed by atoms with van der Waals surface area (Å²) in [4.78, 5) is 50.0. The fourth-order valence-corrected chi connectivity index (χ4v) is 9.05. The maximum Gasteiger partial charge on any atom is 0.472 e. The van der Waals surface area contributed by atoms with Gasteiger partial charge in [-0.15, -0.1) is 0 Å². The molecule has 0 fully saturated rings. The Morgan fingerprint density at radius 2 is 1.31 bits per heavy atom. The number of fused-ring (bicyclic) bond motifs is 4. The summed E-state index contributed by atoms with van der Waals surface area (Å²) in [5, 5.41) is 67.1. The van der Waals surface area contributed by atoms with Crippen molar-refractivity contribution in [2.75, 3.05) is 13.2 Å². The number of cyclic esters (lactones) is 1. The molecule has 0 aromatic heterocycles. The molecule has 15 nitrogen and oxygen atoms in total. The molecule has 1 aliphatic heterocycles. The van der Waals surface area contributed by atoms with Crippen LogP contribution >= 0.6 is 7.82 Å². The Bertz CT molecular complexity index is 1440. The molecule has 0 aromatic rings. The molecule has 0 amide bonds. The van der Waals surface area contributed by atoms with E-state index in [0.717, 1.165) is 44.6 Å². The van der Waals surface area contributed by atoms with Gasteiger partial charge in [-0.1, -0.05) is 166 Å². The third-order valence-corrected chi connectivity index (χ3v) is 13.2. The highest BCUT2D eigenvalue weighted by Gasteiger charge is 2.47. The van der Waals surface area contributed by atoms with Crippen LogP contribution in [0.15, 0.2) is 36.5 Å². The lowest BCUT2D eigenvalue weighted by Gasteiger charge is -2.36. The summed E-state index contributed by atoms with van der Waals surface area (Å²) in [6, 6.07) is 0. The smallest absolute Gasteiger partial charge is 0.462 e. The number of carbonyl (C=O) groups is 3. The van der Waals surface area contributed by atoms with Gasteiger partial charge in [-0.3, -0.25) is 23.4 Å². The van der Waals surface area contributed by atoms with Crippen LogP contribution < -0.4 is 0 Å². The lowest BCUT2D eigenvalue weighted by molar-refractivity contribution is -0.164. The van der Waals surface area contributed by atoms with Gasteiger partial charge in [0.2, 0.25) is 0 Å². The van der Waals surface area contributed by atoms with E-state index in [2.05, 4.69) is 6.92 Å². The number of ether oxygens (including phenoxy) is 2. The number of hydrogen-bond acceptors (Lipinski definition) is 14. The van der Waals surface area contributed by atoms with Crippen molar-refractivity contribution in [2.45, 2.75) is 230 Å². The minimum absolute atomic E-state index is 0.0117. The second-order valence-corrected chi connectivity index (χ2v) is 19.4. The number of phosphoric ester groups is 1. The molecule has 0 radical (unpaired) electrons. The van der Waals surface area contributed by atoms with Crippen molar-refractivity contribution in [3.63, 3.8) is 0 Å². The van der Waals surface area contributed by atoms with Crippen molar-refractivity contribution in [2.24, 2.45) is 11.8 Å². The number of allylic oxidation sites excluding steroid dienone is 3. The molecule has 1 heterocycles. The molecular weight excluding hydrogens is 859 g/mol. The van der Waals surface area contributed by atoms with Gasteiger partial charge in [-0.25, -0.2) is 4.57 Å². The molecule has 376 valence electrons. The standard InChI is InChI=1S/C49H85O15P/c1-3-5-7-8-9-10-11-12-13-14-15-16-17-18-19-20-26-30-43(53)63-39-35-61-42(52)29-25-22-21-24-27-37-31-34-41(51)40(33-32-38(50)28-23-6-4-2)45(55)47(57)49(48(58)46(56)44(37)54)64-65(59,60)62-36-39/h21,24,31-34,37-40,44-50,54-58H,3-20,22-23,25-30,35-36H2,1-2H3,(H,59,60)/b24-21-,33-32+,34-31-/t37-,38-,39+,40-,44+,45+,46-,47+,48+,49+/m0/s1. The number of phosphoric acid groups is 1. The quantitative estimate of drug-likeness (QED) is 0.0200. The molecule has 2 rings (SSSR count).